The van der Waals surface area contributed by atoms with Crippen LogP contribution in [0.3, 0.4) is 0 Å². The molecular formula is C64H72Mo3O8P4S8. The summed E-state index contributed by atoms with van der Waals surface area (Å²) in [6.45, 7) is 31.6. The van der Waals surface area contributed by atoms with E-state index in [1.54, 1.807) is 0 Å². The molecule has 0 N–H and O–H groups in total. The van der Waals surface area contributed by atoms with E-state index in [1.165, 1.54) is 0 Å². The fourth-order valence-electron chi connectivity index (χ4n) is 8.91. The summed E-state index contributed by atoms with van der Waals surface area (Å²) in [5, 5.41) is 0. The van der Waals surface area contributed by atoms with Crippen molar-refractivity contribution in [2.45, 2.75) is 150 Å². The zero-order chi connectivity index (χ0) is 63.1. The fraction of sp³-hybridized carbons (Fsp3) is 0.250. The Morgan fingerprint density at radius 3 is 0.379 bits per heavy atom. The van der Waals surface area contributed by atoms with Crippen molar-refractivity contribution in [3.05, 3.63) is 235 Å². The van der Waals surface area contributed by atoms with Crippen molar-refractivity contribution in [1.82, 2.24) is 0 Å². The molecule has 0 bridgehead atoms. The van der Waals surface area contributed by atoms with Crippen LogP contribution in [-0.4, -0.2) is 0 Å². The molecule has 8 aromatic rings. The van der Waals surface area contributed by atoms with Crippen LogP contribution in [0.15, 0.2) is 185 Å². The quantitative estimate of drug-likeness (QED) is 0.0798. The van der Waals surface area contributed by atoms with Crippen LogP contribution in [0.1, 0.15) is 89.0 Å². The summed E-state index contributed by atoms with van der Waals surface area (Å²) < 4.78 is 0. The molecule has 8 nitrogen and oxygen atoms in total. The average Bonchev–Trinajstić information content (AvgIpc) is 1.51. The number of hydrogen-bond donors (Lipinski definition) is 0. The third-order valence-electron chi connectivity index (χ3n) is 15.0. The molecule has 87 heavy (non-hydrogen) atoms. The van der Waals surface area contributed by atoms with Crippen molar-refractivity contribution >= 4 is 112 Å². The number of hydrogen-bond acceptors (Lipinski definition) is 12. The molecule has 23 heteroatoms. The SMILES string of the molecule is Cc1cccc(S(c2cccc(C)c2C)=P([O-])([O-])[S-])c1C.Cc1cccc(S(c2cccc(C)c2C)=P([O-])([O-])[S-])c1C.Cc1cccc(S(c2cccc(C)c2C)=P([O-])([O-])[S-])c1C.Cc1cccc(S(c2cccc(C)c2C)=P([O-])([O-])[S-])c1C.[Mo+4].[Mo+4].[Mo+4]. The maximum atomic E-state index is 12.3. The number of aryl methyl sites for hydroxylation is 8. The van der Waals surface area contributed by atoms with Gasteiger partial charge >= 0.3 is 63.2 Å². The van der Waals surface area contributed by atoms with E-state index in [1.807, 2.05) is 256 Å². The molecule has 0 fully saturated rings. The van der Waals surface area contributed by atoms with Crippen LogP contribution in [0.5, 0.6) is 0 Å². The molecule has 0 atom stereocenters. The van der Waals surface area contributed by atoms with Crippen LogP contribution >= 0.6 is 22.8 Å². The van der Waals surface area contributed by atoms with Crippen LogP contribution in [0, 0.1) is 111 Å². The molecule has 0 spiro atoms. The van der Waals surface area contributed by atoms with Gasteiger partial charge in [0.25, 0.3) is 0 Å². The van der Waals surface area contributed by atoms with Crippen LogP contribution in [-0.2, 0) is 152 Å². The van der Waals surface area contributed by atoms with E-state index in [-0.39, 0.29) is 63.2 Å². The first-order chi connectivity index (χ1) is 38.9. The van der Waals surface area contributed by atoms with Crippen molar-refractivity contribution in [3.63, 3.8) is 0 Å². The van der Waals surface area contributed by atoms with Gasteiger partial charge < -0.3 is 111 Å². The maximum Gasteiger partial charge on any atom is 4.00 e. The van der Waals surface area contributed by atoms with E-state index >= 15 is 0 Å². The Hall–Kier alpha value is 0.0249. The van der Waals surface area contributed by atoms with E-state index < -0.39 is 63.1 Å². The normalized spacial score (nSPS) is 11.6. The zero-order valence-electron chi connectivity index (χ0n) is 51.4. The third kappa shape index (κ3) is 21.5. The molecule has 8 aromatic carbocycles. The van der Waals surface area contributed by atoms with Crippen molar-refractivity contribution in [1.29, 1.82) is 0 Å². The van der Waals surface area contributed by atoms with Crippen LogP contribution < -0.4 is 39.1 Å². The monoisotopic (exact) mass is 1640 g/mol. The van der Waals surface area contributed by atoms with E-state index in [2.05, 4.69) is 0 Å². The minimum absolute atomic E-state index is 0. The Bertz CT molecular complexity index is 3280. The molecule has 0 radical (unpaired) electrons. The summed E-state index contributed by atoms with van der Waals surface area (Å²) in [5.41, 5.74) is 0.869. The molecular weight excluding hydrogens is 1560 g/mol. The predicted molar refractivity (Wildman–Crippen MR) is 360 cm³/mol. The van der Waals surface area contributed by atoms with Crippen molar-refractivity contribution < 1.29 is 102 Å². The summed E-state index contributed by atoms with van der Waals surface area (Å²) in [4.78, 5) is 105. The van der Waals surface area contributed by atoms with Crippen molar-refractivity contribution in [3.8, 4) is 0 Å². The zero-order valence-corrected chi connectivity index (χ0v) is 67.5. The fourth-order valence-corrected chi connectivity index (χ4v) is 33.4. The summed E-state index contributed by atoms with van der Waals surface area (Å²) in [6, 6.07) is 46.1. The van der Waals surface area contributed by atoms with Gasteiger partial charge in [0, 0.05) is 39.2 Å². The van der Waals surface area contributed by atoms with E-state index in [4.69, 9.17) is 49.0 Å². The third-order valence-corrected chi connectivity index (χ3v) is 39.1. The standard InChI is InChI=1S/4C16H18O2PS2.3Mo/c4*1-11-7-5-9-15(13(11)3)21(19(17,18)20)16-10-6-8-12(2)14(16)4;;;/h4*5-10H,1-4H3;;;/q4*-3;3*+4. The molecule has 8 rings (SSSR count). The minimum Gasteiger partial charge on any atom is -0.853 e. The molecule has 0 aliphatic carbocycles. The molecule has 0 unspecified atom stereocenters. The summed E-state index contributed by atoms with van der Waals surface area (Å²) in [5.74, 6) is 0. The number of benzene rings is 8. The average molecular weight is 1640 g/mol. The Morgan fingerprint density at radius 1 is 0.207 bits per heavy atom. The summed E-state index contributed by atoms with van der Waals surface area (Å²) in [7, 11) is -4.39. The van der Waals surface area contributed by atoms with E-state index in [0.717, 1.165) is 128 Å². The molecule has 0 amide bonds. The van der Waals surface area contributed by atoms with Crippen molar-refractivity contribution in [2.75, 3.05) is 0 Å². The molecule has 0 aliphatic heterocycles. The smallest absolute Gasteiger partial charge is 0.853 e. The van der Waals surface area contributed by atoms with Crippen molar-refractivity contribution in [2.24, 2.45) is 0 Å². The summed E-state index contributed by atoms with van der Waals surface area (Å²) >= 11 is 19.6. The second-order valence-electron chi connectivity index (χ2n) is 20.5. The Morgan fingerprint density at radius 2 is 0.299 bits per heavy atom. The van der Waals surface area contributed by atoms with Crippen LogP contribution in [0.4, 0.5) is 0 Å². The second-order valence-corrected chi connectivity index (χ2v) is 48.6. The van der Waals surface area contributed by atoms with E-state index in [0.29, 0.717) is 0 Å². The van der Waals surface area contributed by atoms with E-state index in [9.17, 15) is 39.1 Å². The van der Waals surface area contributed by atoms with Gasteiger partial charge in [-0.15, -0.1) is 0 Å². The molecule has 462 valence electrons. The van der Waals surface area contributed by atoms with Gasteiger partial charge in [0.15, 0.2) is 0 Å². The first kappa shape index (κ1) is 83.1. The largest absolute Gasteiger partial charge is 4.00 e. The van der Waals surface area contributed by atoms with Crippen LogP contribution in [0.2, 0.25) is 0 Å². The molecule has 0 aliphatic rings. The molecule has 0 saturated heterocycles. The topological polar surface area (TPSA) is 184 Å². The molecule has 0 heterocycles. The molecule has 0 aromatic heterocycles. The number of rotatable bonds is 8. The van der Waals surface area contributed by atoms with Gasteiger partial charge in [0.2, 0.25) is 0 Å². The van der Waals surface area contributed by atoms with Crippen LogP contribution in [0.25, 0.3) is 0 Å². The van der Waals surface area contributed by atoms with Gasteiger partial charge in [0.05, 0.1) is 0 Å². The second kappa shape index (κ2) is 35.7. The van der Waals surface area contributed by atoms with Gasteiger partial charge in [-0.25, -0.2) is 0 Å². The first-order valence-corrected chi connectivity index (χ1v) is 44.4. The first-order valence-electron chi connectivity index (χ1n) is 26.5. The van der Waals surface area contributed by atoms with Gasteiger partial charge in [-0.05, 0) is 248 Å². The summed E-state index contributed by atoms with van der Waals surface area (Å²) in [6.07, 6.45) is 0. The van der Waals surface area contributed by atoms with Gasteiger partial charge in [-0.2, -0.15) is 40.3 Å². The maximum absolute atomic E-state index is 12.3. The molecule has 0 saturated carbocycles. The minimum atomic E-state index is -3.95. The Balaban J connectivity index is 0.000000391. The van der Waals surface area contributed by atoms with Gasteiger partial charge in [-0.3, -0.25) is 0 Å². The Kier molecular flexibility index (Phi) is 34.1. The predicted octanol–water partition coefficient (Wildman–Crippen LogP) is 11.6. The van der Waals surface area contributed by atoms with Gasteiger partial charge in [-0.1, -0.05) is 97.1 Å². The Labute approximate surface area is 592 Å². The van der Waals surface area contributed by atoms with Gasteiger partial charge in [0.1, 0.15) is 0 Å².